The summed E-state index contributed by atoms with van der Waals surface area (Å²) in [5.41, 5.74) is 1.75. The average Bonchev–Trinajstić information content (AvgIpc) is 2.95. The molecule has 0 radical (unpaired) electrons. The van der Waals surface area contributed by atoms with Gasteiger partial charge in [0.15, 0.2) is 5.78 Å². The molecule has 1 aromatic heterocycles. The van der Waals surface area contributed by atoms with Crippen molar-refractivity contribution < 1.29 is 9.21 Å². The molecule has 20 heavy (non-hydrogen) atoms. The molecule has 0 unspecified atom stereocenters. The third-order valence-corrected chi connectivity index (χ3v) is 3.55. The molecule has 3 aromatic rings. The largest absolute Gasteiger partial charge is 0.469 e. The highest BCUT2D eigenvalue weighted by Gasteiger charge is 2.13. The summed E-state index contributed by atoms with van der Waals surface area (Å²) in [4.78, 5) is 12.3. The molecule has 3 rings (SSSR count). The van der Waals surface area contributed by atoms with Gasteiger partial charge in [-0.25, -0.2) is 0 Å². The molecule has 0 bridgehead atoms. The Morgan fingerprint density at radius 2 is 1.85 bits per heavy atom. The predicted molar refractivity (Wildman–Crippen MR) is 80.1 cm³/mol. The number of benzene rings is 2. The third kappa shape index (κ3) is 2.37. The fourth-order valence-electron chi connectivity index (χ4n) is 2.49. The fourth-order valence-corrected chi connectivity index (χ4v) is 2.49. The molecule has 0 N–H and O–H groups in total. The molecule has 0 aliphatic rings. The zero-order chi connectivity index (χ0) is 13.9. The lowest BCUT2D eigenvalue weighted by atomic mass is 10.00. The molecule has 2 aromatic carbocycles. The Bertz CT molecular complexity index is 753. The lowest BCUT2D eigenvalue weighted by Crippen LogP contribution is -2.04. The molecule has 100 valence electrons. The molecule has 0 fully saturated rings. The summed E-state index contributed by atoms with van der Waals surface area (Å²) < 4.78 is 5.32. The summed E-state index contributed by atoms with van der Waals surface area (Å²) in [6, 6.07) is 16.1. The maximum Gasteiger partial charge on any atom is 0.170 e. The van der Waals surface area contributed by atoms with Gasteiger partial charge in [-0.2, -0.15) is 0 Å². The maximum atomic E-state index is 12.3. The zero-order valence-corrected chi connectivity index (χ0v) is 11.4. The minimum Gasteiger partial charge on any atom is -0.469 e. The number of Topliss-reactive ketones (excluding diaryl/α,β-unsaturated/α-hetero) is 1. The minimum atomic E-state index is 0.117. The molecular weight excluding hydrogens is 248 g/mol. The van der Waals surface area contributed by atoms with Crippen molar-refractivity contribution in [2.24, 2.45) is 0 Å². The molecule has 0 aliphatic heterocycles. The molecule has 2 nitrogen and oxygen atoms in total. The van der Waals surface area contributed by atoms with Crippen molar-refractivity contribution in [1.29, 1.82) is 0 Å². The standard InChI is InChI=1S/C18H16O2/c1-2-18-16(9-10-20-18)17(19)12-13-7-8-14-5-3-4-6-15(14)11-13/h3-11H,2,12H2,1H3. The number of hydrogen-bond acceptors (Lipinski definition) is 2. The Labute approximate surface area is 118 Å². The fraction of sp³-hybridized carbons (Fsp3) is 0.167. The second kappa shape index (κ2) is 5.33. The number of ketones is 1. The van der Waals surface area contributed by atoms with Crippen molar-refractivity contribution >= 4 is 16.6 Å². The van der Waals surface area contributed by atoms with Crippen LogP contribution in [0.15, 0.2) is 59.2 Å². The number of carbonyl (C=O) groups excluding carboxylic acids is 1. The van der Waals surface area contributed by atoms with Crippen LogP contribution >= 0.6 is 0 Å². The highest BCUT2D eigenvalue weighted by molar-refractivity contribution is 5.98. The van der Waals surface area contributed by atoms with Gasteiger partial charge in [0.1, 0.15) is 5.76 Å². The molecule has 0 amide bonds. The first-order valence-electron chi connectivity index (χ1n) is 6.85. The Hall–Kier alpha value is -2.35. The van der Waals surface area contributed by atoms with Crippen molar-refractivity contribution in [3.8, 4) is 0 Å². The predicted octanol–water partition coefficient (Wildman–Crippen LogP) is 4.42. The van der Waals surface area contributed by atoms with Gasteiger partial charge in [0.05, 0.1) is 11.8 Å². The monoisotopic (exact) mass is 264 g/mol. The Kier molecular flexibility index (Phi) is 3.38. The maximum absolute atomic E-state index is 12.3. The Balaban J connectivity index is 1.87. The van der Waals surface area contributed by atoms with Gasteiger partial charge in [-0.3, -0.25) is 4.79 Å². The number of carbonyl (C=O) groups is 1. The summed E-state index contributed by atoms with van der Waals surface area (Å²) in [6.07, 6.45) is 2.75. The summed E-state index contributed by atoms with van der Waals surface area (Å²) in [5.74, 6) is 0.890. The summed E-state index contributed by atoms with van der Waals surface area (Å²) in [6.45, 7) is 1.99. The van der Waals surface area contributed by atoms with Crippen LogP contribution in [0.1, 0.15) is 28.6 Å². The molecule has 0 saturated carbocycles. The summed E-state index contributed by atoms with van der Waals surface area (Å²) >= 11 is 0. The summed E-state index contributed by atoms with van der Waals surface area (Å²) in [5, 5.41) is 2.36. The molecule has 0 saturated heterocycles. The number of furan rings is 1. The summed E-state index contributed by atoms with van der Waals surface area (Å²) in [7, 11) is 0. The zero-order valence-electron chi connectivity index (χ0n) is 11.4. The number of aryl methyl sites for hydroxylation is 1. The molecule has 0 spiro atoms. The van der Waals surface area contributed by atoms with Gasteiger partial charge in [0.2, 0.25) is 0 Å². The highest BCUT2D eigenvalue weighted by atomic mass is 16.3. The van der Waals surface area contributed by atoms with E-state index in [0.717, 1.165) is 17.7 Å². The van der Waals surface area contributed by atoms with Crippen LogP contribution in [0.3, 0.4) is 0 Å². The first-order chi connectivity index (χ1) is 9.78. The highest BCUT2D eigenvalue weighted by Crippen LogP contribution is 2.19. The topological polar surface area (TPSA) is 30.2 Å². The minimum absolute atomic E-state index is 0.117. The van der Waals surface area contributed by atoms with Crippen LogP contribution in [0.5, 0.6) is 0 Å². The van der Waals surface area contributed by atoms with Crippen molar-refractivity contribution in [3.63, 3.8) is 0 Å². The van der Waals surface area contributed by atoms with Gasteiger partial charge >= 0.3 is 0 Å². The lowest BCUT2D eigenvalue weighted by molar-refractivity contribution is 0.0991. The first-order valence-corrected chi connectivity index (χ1v) is 6.85. The molecular formula is C18H16O2. The van der Waals surface area contributed by atoms with E-state index in [1.165, 1.54) is 10.8 Å². The van der Waals surface area contributed by atoms with Gasteiger partial charge in [0.25, 0.3) is 0 Å². The van der Waals surface area contributed by atoms with Crippen molar-refractivity contribution in [1.82, 2.24) is 0 Å². The van der Waals surface area contributed by atoms with E-state index >= 15 is 0 Å². The van der Waals surface area contributed by atoms with Gasteiger partial charge in [-0.15, -0.1) is 0 Å². The van der Waals surface area contributed by atoms with E-state index in [4.69, 9.17) is 4.42 Å². The number of fused-ring (bicyclic) bond motifs is 1. The first kappa shape index (κ1) is 12.7. The Morgan fingerprint density at radius 1 is 1.05 bits per heavy atom. The van der Waals surface area contributed by atoms with Crippen LogP contribution in [0.4, 0.5) is 0 Å². The second-order valence-corrected chi connectivity index (χ2v) is 4.89. The Morgan fingerprint density at radius 3 is 2.65 bits per heavy atom. The van der Waals surface area contributed by atoms with E-state index in [-0.39, 0.29) is 5.78 Å². The van der Waals surface area contributed by atoms with Crippen LogP contribution in [0.2, 0.25) is 0 Å². The van der Waals surface area contributed by atoms with Crippen molar-refractivity contribution in [2.45, 2.75) is 19.8 Å². The SMILES string of the molecule is CCc1occc1C(=O)Cc1ccc2ccccc2c1. The van der Waals surface area contributed by atoms with Crippen LogP contribution < -0.4 is 0 Å². The molecule has 2 heteroatoms. The van der Waals surface area contributed by atoms with E-state index in [0.29, 0.717) is 12.0 Å². The molecule has 0 atom stereocenters. The smallest absolute Gasteiger partial charge is 0.170 e. The van der Waals surface area contributed by atoms with E-state index in [2.05, 4.69) is 24.3 Å². The van der Waals surface area contributed by atoms with Gasteiger partial charge < -0.3 is 4.42 Å². The van der Waals surface area contributed by atoms with E-state index < -0.39 is 0 Å². The molecule has 1 heterocycles. The van der Waals surface area contributed by atoms with Crippen LogP contribution in [0, 0.1) is 0 Å². The van der Waals surface area contributed by atoms with E-state index in [1.807, 2.05) is 25.1 Å². The van der Waals surface area contributed by atoms with E-state index in [9.17, 15) is 4.79 Å². The lowest BCUT2D eigenvalue weighted by Gasteiger charge is -2.03. The number of hydrogen-bond donors (Lipinski definition) is 0. The van der Waals surface area contributed by atoms with Gasteiger partial charge in [0, 0.05) is 12.8 Å². The number of rotatable bonds is 4. The van der Waals surface area contributed by atoms with E-state index in [1.54, 1.807) is 12.3 Å². The van der Waals surface area contributed by atoms with Gasteiger partial charge in [-0.05, 0) is 22.4 Å². The van der Waals surface area contributed by atoms with Crippen molar-refractivity contribution in [2.75, 3.05) is 0 Å². The van der Waals surface area contributed by atoms with Gasteiger partial charge in [-0.1, -0.05) is 49.4 Å². The second-order valence-electron chi connectivity index (χ2n) is 4.89. The van der Waals surface area contributed by atoms with Crippen LogP contribution in [0.25, 0.3) is 10.8 Å². The van der Waals surface area contributed by atoms with Crippen LogP contribution in [-0.4, -0.2) is 5.78 Å². The molecule has 0 aliphatic carbocycles. The quantitative estimate of drug-likeness (QED) is 0.653. The average molecular weight is 264 g/mol. The van der Waals surface area contributed by atoms with Crippen molar-refractivity contribution in [3.05, 3.63) is 71.7 Å². The normalized spacial score (nSPS) is 10.8. The van der Waals surface area contributed by atoms with Crippen LogP contribution in [-0.2, 0) is 12.8 Å². The third-order valence-electron chi connectivity index (χ3n) is 3.55.